The zero-order valence-corrected chi connectivity index (χ0v) is 18.2. The molecule has 0 radical (unpaired) electrons. The lowest BCUT2D eigenvalue weighted by Gasteiger charge is -2.17. The molecule has 1 aliphatic heterocycles. The number of aryl methyl sites for hydroxylation is 2. The molecule has 0 fully saturated rings. The summed E-state index contributed by atoms with van der Waals surface area (Å²) in [5, 5.41) is 3.49. The second-order valence-corrected chi connectivity index (χ2v) is 7.68. The van der Waals surface area contributed by atoms with E-state index in [2.05, 4.69) is 5.32 Å². The SMILES string of the molecule is COc1ccccc1C1=C(Nc2ccc(C)c(C)c2)C(=O)N(c2ccccc2Cl)C1=O. The Morgan fingerprint density at radius 3 is 2.29 bits per heavy atom. The maximum atomic E-state index is 13.6. The average molecular weight is 433 g/mol. The number of nitrogens with one attached hydrogen (secondary N) is 1. The summed E-state index contributed by atoms with van der Waals surface area (Å²) in [7, 11) is 1.53. The Kier molecular flexibility index (Phi) is 5.53. The molecule has 0 spiro atoms. The fourth-order valence-corrected chi connectivity index (χ4v) is 3.78. The number of rotatable bonds is 5. The van der Waals surface area contributed by atoms with Gasteiger partial charge in [0, 0.05) is 11.3 Å². The number of hydrogen-bond acceptors (Lipinski definition) is 4. The summed E-state index contributed by atoms with van der Waals surface area (Å²) in [4.78, 5) is 28.1. The van der Waals surface area contributed by atoms with Crippen LogP contribution in [-0.2, 0) is 9.59 Å². The third-order valence-electron chi connectivity index (χ3n) is 5.33. The molecule has 1 aliphatic rings. The number of carbonyl (C=O) groups excluding carboxylic acids is 2. The van der Waals surface area contributed by atoms with Gasteiger partial charge >= 0.3 is 0 Å². The molecular weight excluding hydrogens is 412 g/mol. The Hall–Kier alpha value is -3.57. The Bertz CT molecular complexity index is 1230. The number of anilines is 2. The van der Waals surface area contributed by atoms with Crippen LogP contribution >= 0.6 is 11.6 Å². The van der Waals surface area contributed by atoms with Crippen molar-refractivity contribution in [2.75, 3.05) is 17.3 Å². The summed E-state index contributed by atoms with van der Waals surface area (Å²) in [6.45, 7) is 4.01. The smallest absolute Gasteiger partial charge is 0.282 e. The van der Waals surface area contributed by atoms with E-state index >= 15 is 0 Å². The van der Waals surface area contributed by atoms with Crippen LogP contribution in [-0.4, -0.2) is 18.9 Å². The van der Waals surface area contributed by atoms with Gasteiger partial charge in [0.15, 0.2) is 0 Å². The molecule has 6 heteroatoms. The molecule has 1 N–H and O–H groups in total. The van der Waals surface area contributed by atoms with Crippen molar-refractivity contribution in [3.63, 3.8) is 0 Å². The second-order valence-electron chi connectivity index (χ2n) is 7.27. The minimum atomic E-state index is -0.475. The molecule has 0 atom stereocenters. The number of ether oxygens (including phenoxy) is 1. The number of hydrogen-bond donors (Lipinski definition) is 1. The maximum Gasteiger partial charge on any atom is 0.282 e. The number of halogens is 1. The Balaban J connectivity index is 1.88. The molecule has 0 saturated heterocycles. The van der Waals surface area contributed by atoms with Gasteiger partial charge in [-0.3, -0.25) is 9.59 Å². The lowest BCUT2D eigenvalue weighted by molar-refractivity contribution is -0.120. The van der Waals surface area contributed by atoms with E-state index in [0.29, 0.717) is 27.7 Å². The molecule has 0 aliphatic carbocycles. The van der Waals surface area contributed by atoms with Crippen LogP contribution in [0, 0.1) is 13.8 Å². The largest absolute Gasteiger partial charge is 0.496 e. The molecule has 4 rings (SSSR count). The summed E-state index contributed by atoms with van der Waals surface area (Å²) in [5.74, 6) is -0.440. The monoisotopic (exact) mass is 432 g/mol. The predicted octanol–water partition coefficient (Wildman–Crippen LogP) is 5.36. The highest BCUT2D eigenvalue weighted by atomic mass is 35.5. The molecule has 1 heterocycles. The molecule has 0 unspecified atom stereocenters. The van der Waals surface area contributed by atoms with Crippen molar-refractivity contribution < 1.29 is 14.3 Å². The van der Waals surface area contributed by atoms with E-state index in [1.165, 1.54) is 7.11 Å². The third kappa shape index (κ3) is 3.68. The predicted molar refractivity (Wildman–Crippen MR) is 123 cm³/mol. The summed E-state index contributed by atoms with van der Waals surface area (Å²) in [6, 6.07) is 19.7. The third-order valence-corrected chi connectivity index (χ3v) is 5.65. The van der Waals surface area contributed by atoms with E-state index in [0.717, 1.165) is 16.0 Å². The van der Waals surface area contributed by atoms with Crippen LogP contribution in [0.2, 0.25) is 5.02 Å². The number of imide groups is 1. The number of methoxy groups -OCH3 is 1. The number of nitrogens with zero attached hydrogens (tertiary/aromatic N) is 1. The van der Waals surface area contributed by atoms with E-state index in [-0.39, 0.29) is 11.3 Å². The van der Waals surface area contributed by atoms with Gasteiger partial charge in [0.25, 0.3) is 11.8 Å². The van der Waals surface area contributed by atoms with E-state index in [9.17, 15) is 9.59 Å². The molecule has 156 valence electrons. The highest BCUT2D eigenvalue weighted by Crippen LogP contribution is 2.39. The Labute approximate surface area is 185 Å². The summed E-state index contributed by atoms with van der Waals surface area (Å²) >= 11 is 6.32. The quantitative estimate of drug-likeness (QED) is 0.551. The first-order valence-electron chi connectivity index (χ1n) is 9.77. The van der Waals surface area contributed by atoms with Crippen LogP contribution in [0.4, 0.5) is 11.4 Å². The van der Waals surface area contributed by atoms with E-state index in [1.807, 2.05) is 38.1 Å². The number of benzene rings is 3. The average Bonchev–Trinajstić information content (AvgIpc) is 3.00. The Morgan fingerprint density at radius 1 is 0.871 bits per heavy atom. The first-order chi connectivity index (χ1) is 14.9. The molecule has 2 amide bonds. The van der Waals surface area contributed by atoms with Crippen molar-refractivity contribution in [3.05, 3.63) is 94.1 Å². The lowest BCUT2D eigenvalue weighted by atomic mass is 10.0. The van der Waals surface area contributed by atoms with Crippen LogP contribution in [0.3, 0.4) is 0 Å². The second kappa shape index (κ2) is 8.28. The molecule has 3 aromatic rings. The van der Waals surface area contributed by atoms with Gasteiger partial charge in [-0.25, -0.2) is 4.90 Å². The highest BCUT2D eigenvalue weighted by Gasteiger charge is 2.41. The van der Waals surface area contributed by atoms with Crippen LogP contribution < -0.4 is 15.0 Å². The molecule has 31 heavy (non-hydrogen) atoms. The first-order valence-corrected chi connectivity index (χ1v) is 10.2. The summed E-state index contributed by atoms with van der Waals surface area (Å²) in [5.41, 5.74) is 4.21. The van der Waals surface area contributed by atoms with Gasteiger partial charge in [0.1, 0.15) is 11.4 Å². The number of amides is 2. The minimum Gasteiger partial charge on any atom is -0.496 e. The molecule has 0 bridgehead atoms. The number of carbonyl (C=O) groups is 2. The summed E-state index contributed by atoms with van der Waals surface area (Å²) in [6.07, 6.45) is 0. The van der Waals surface area contributed by atoms with Gasteiger partial charge in [-0.1, -0.05) is 48.0 Å². The van der Waals surface area contributed by atoms with Crippen LogP contribution in [0.15, 0.2) is 72.4 Å². The maximum absolute atomic E-state index is 13.6. The van der Waals surface area contributed by atoms with Gasteiger partial charge in [0.2, 0.25) is 0 Å². The lowest BCUT2D eigenvalue weighted by Crippen LogP contribution is -2.32. The highest BCUT2D eigenvalue weighted by molar-refractivity contribution is 6.48. The van der Waals surface area contributed by atoms with Crippen LogP contribution in [0.5, 0.6) is 5.75 Å². The fraction of sp³-hybridized carbons (Fsp3) is 0.120. The van der Waals surface area contributed by atoms with Crippen molar-refractivity contribution in [3.8, 4) is 5.75 Å². The zero-order valence-electron chi connectivity index (χ0n) is 17.4. The van der Waals surface area contributed by atoms with Crippen molar-refractivity contribution in [1.82, 2.24) is 0 Å². The van der Waals surface area contributed by atoms with Gasteiger partial charge in [-0.15, -0.1) is 0 Å². The van der Waals surface area contributed by atoms with E-state index in [1.54, 1.807) is 42.5 Å². The standard InChI is InChI=1S/C25H21ClN2O3/c1-15-12-13-17(14-16(15)2)27-23-22(18-8-4-7-11-21(18)31-3)24(29)28(25(23)30)20-10-6-5-9-19(20)26/h4-14,27H,1-3H3. The Morgan fingerprint density at radius 2 is 1.58 bits per heavy atom. The van der Waals surface area contributed by atoms with Crippen molar-refractivity contribution in [2.45, 2.75) is 13.8 Å². The van der Waals surface area contributed by atoms with Crippen molar-refractivity contribution >= 4 is 40.4 Å². The zero-order chi connectivity index (χ0) is 22.1. The normalized spacial score (nSPS) is 13.7. The number of para-hydroxylation sites is 2. The van der Waals surface area contributed by atoms with E-state index in [4.69, 9.17) is 16.3 Å². The van der Waals surface area contributed by atoms with Gasteiger partial charge < -0.3 is 10.1 Å². The molecule has 5 nitrogen and oxygen atoms in total. The summed E-state index contributed by atoms with van der Waals surface area (Å²) < 4.78 is 5.47. The molecule has 0 saturated carbocycles. The minimum absolute atomic E-state index is 0.178. The molecular formula is C25H21ClN2O3. The van der Waals surface area contributed by atoms with Crippen LogP contribution in [0.25, 0.3) is 5.57 Å². The van der Waals surface area contributed by atoms with Gasteiger partial charge in [-0.2, -0.15) is 0 Å². The van der Waals surface area contributed by atoms with E-state index < -0.39 is 11.8 Å². The topological polar surface area (TPSA) is 58.6 Å². The fourth-order valence-electron chi connectivity index (χ4n) is 3.56. The first kappa shape index (κ1) is 20.7. The molecule has 0 aromatic heterocycles. The van der Waals surface area contributed by atoms with Gasteiger partial charge in [0.05, 0.1) is 23.4 Å². The molecule has 3 aromatic carbocycles. The van der Waals surface area contributed by atoms with Crippen molar-refractivity contribution in [1.29, 1.82) is 0 Å². The van der Waals surface area contributed by atoms with Crippen molar-refractivity contribution in [2.24, 2.45) is 0 Å². The van der Waals surface area contributed by atoms with Gasteiger partial charge in [-0.05, 0) is 55.3 Å². The van der Waals surface area contributed by atoms with Crippen LogP contribution in [0.1, 0.15) is 16.7 Å².